The summed E-state index contributed by atoms with van der Waals surface area (Å²) in [5.74, 6) is 0.0499. The van der Waals surface area contributed by atoms with E-state index in [9.17, 15) is 9.59 Å². The van der Waals surface area contributed by atoms with Crippen molar-refractivity contribution < 1.29 is 18.9 Å². The van der Waals surface area contributed by atoms with Crippen LogP contribution in [0.5, 0.6) is 0 Å². The van der Waals surface area contributed by atoms with Crippen LogP contribution in [0.2, 0.25) is 0 Å². The van der Waals surface area contributed by atoms with E-state index in [0.29, 0.717) is 5.56 Å². The number of carbonyl (C=O) groups is 2. The fraction of sp³-hybridized carbons (Fsp3) is 0.450. The molecule has 0 amide bonds. The quantitative estimate of drug-likeness (QED) is 0.599. The van der Waals surface area contributed by atoms with E-state index in [1.54, 1.807) is 22.9 Å². The van der Waals surface area contributed by atoms with Crippen molar-refractivity contribution in [1.29, 1.82) is 0 Å². The predicted molar refractivity (Wildman–Crippen MR) is 93.9 cm³/mol. The van der Waals surface area contributed by atoms with Gasteiger partial charge in [-0.15, -0.1) is 0 Å². The van der Waals surface area contributed by atoms with Gasteiger partial charge in [0.2, 0.25) is 12.3 Å². The first-order chi connectivity index (χ1) is 12.0. The summed E-state index contributed by atoms with van der Waals surface area (Å²) in [4.78, 5) is 24.3. The van der Waals surface area contributed by atoms with Crippen molar-refractivity contribution in [3.8, 4) is 0 Å². The topological polar surface area (TPSA) is 52.2 Å². The Bertz CT molecular complexity index is 801. The molecule has 132 valence electrons. The van der Waals surface area contributed by atoms with Crippen molar-refractivity contribution in [2.75, 3.05) is 6.61 Å². The number of rotatable bonds is 6. The van der Waals surface area contributed by atoms with Crippen LogP contribution in [0.4, 0.5) is 0 Å². The zero-order chi connectivity index (χ0) is 18.0. The number of pyridine rings is 1. The van der Waals surface area contributed by atoms with Gasteiger partial charge < -0.3 is 9.30 Å². The summed E-state index contributed by atoms with van der Waals surface area (Å²) in [7, 11) is 0. The molecule has 25 heavy (non-hydrogen) atoms. The molecule has 0 radical (unpaired) electrons. The average Bonchev–Trinajstić information content (AvgIpc) is 3.19. The summed E-state index contributed by atoms with van der Waals surface area (Å²) in [5.41, 5.74) is 3.43. The highest BCUT2D eigenvalue weighted by Gasteiger charge is 2.22. The van der Waals surface area contributed by atoms with Gasteiger partial charge in [-0.1, -0.05) is 0 Å². The summed E-state index contributed by atoms with van der Waals surface area (Å²) in [5, 5.41) is 0. The van der Waals surface area contributed by atoms with Gasteiger partial charge in [0, 0.05) is 36.2 Å². The Kier molecular flexibility index (Phi) is 5.13. The highest BCUT2D eigenvalue weighted by atomic mass is 16.5. The van der Waals surface area contributed by atoms with Crippen LogP contribution in [0, 0.1) is 13.8 Å². The zero-order valence-corrected chi connectivity index (χ0v) is 15.1. The standard InChI is InChI=1S/C20H25N2O3/c1-14-10-19(15(2)22(14)12-18-7-5-9-25-18)20(24)13-21-8-4-6-17(11-21)16(3)23/h4,6,8,10-11,18H,5,7,9,12-13H2,1-3H3/q+1/t18-/m1/s1. The van der Waals surface area contributed by atoms with Crippen molar-refractivity contribution in [3.63, 3.8) is 0 Å². The second-order valence-electron chi connectivity index (χ2n) is 6.77. The lowest BCUT2D eigenvalue weighted by atomic mass is 10.1. The third-order valence-corrected chi connectivity index (χ3v) is 4.88. The Morgan fingerprint density at radius 1 is 1.36 bits per heavy atom. The van der Waals surface area contributed by atoms with Gasteiger partial charge in [0.15, 0.2) is 18.2 Å². The SMILES string of the molecule is CC(=O)c1ccc[n+](CC(=O)c2cc(C)n(C[C@H]3CCCO3)c2C)c1. The minimum atomic E-state index is -0.00320. The van der Waals surface area contributed by atoms with Crippen molar-refractivity contribution in [1.82, 2.24) is 4.57 Å². The summed E-state index contributed by atoms with van der Waals surface area (Å²) in [6.07, 6.45) is 5.98. The molecule has 0 aromatic carbocycles. The Morgan fingerprint density at radius 2 is 2.16 bits per heavy atom. The van der Waals surface area contributed by atoms with Gasteiger partial charge in [-0.05, 0) is 45.7 Å². The minimum Gasteiger partial charge on any atom is -0.376 e. The molecule has 5 heteroatoms. The lowest BCUT2D eigenvalue weighted by Gasteiger charge is -2.14. The van der Waals surface area contributed by atoms with Gasteiger partial charge in [-0.2, -0.15) is 4.57 Å². The van der Waals surface area contributed by atoms with Crippen LogP contribution >= 0.6 is 0 Å². The number of nitrogens with zero attached hydrogens (tertiary/aromatic N) is 2. The number of Topliss-reactive ketones (excluding diaryl/α,β-unsaturated/α-hetero) is 2. The molecule has 0 bridgehead atoms. The number of carbonyl (C=O) groups excluding carboxylic acids is 2. The molecule has 3 heterocycles. The summed E-state index contributed by atoms with van der Waals surface area (Å²) in [6, 6.07) is 5.52. The first kappa shape index (κ1) is 17.5. The first-order valence-corrected chi connectivity index (χ1v) is 8.77. The summed E-state index contributed by atoms with van der Waals surface area (Å²) in [6.45, 7) is 7.41. The number of aromatic nitrogens is 2. The molecule has 2 aromatic heterocycles. The molecule has 1 aliphatic rings. The summed E-state index contributed by atoms with van der Waals surface area (Å²) < 4.78 is 9.68. The van der Waals surface area contributed by atoms with Gasteiger partial charge in [-0.25, -0.2) is 0 Å². The van der Waals surface area contributed by atoms with Gasteiger partial charge in [0.1, 0.15) is 0 Å². The highest BCUT2D eigenvalue weighted by Crippen LogP contribution is 2.20. The van der Waals surface area contributed by atoms with Crippen molar-refractivity contribution >= 4 is 11.6 Å². The molecule has 1 aliphatic heterocycles. The number of hydrogen-bond donors (Lipinski definition) is 0. The normalized spacial score (nSPS) is 17.0. The van der Waals surface area contributed by atoms with E-state index in [2.05, 4.69) is 4.57 Å². The Morgan fingerprint density at radius 3 is 2.84 bits per heavy atom. The molecule has 1 saturated heterocycles. The lowest BCUT2D eigenvalue weighted by molar-refractivity contribution is -0.683. The second-order valence-corrected chi connectivity index (χ2v) is 6.77. The van der Waals surface area contributed by atoms with E-state index in [-0.39, 0.29) is 24.2 Å². The first-order valence-electron chi connectivity index (χ1n) is 8.77. The average molecular weight is 341 g/mol. The van der Waals surface area contributed by atoms with Gasteiger partial charge in [0.25, 0.3) is 0 Å². The molecule has 0 saturated carbocycles. The fourth-order valence-electron chi connectivity index (χ4n) is 3.44. The fourth-order valence-corrected chi connectivity index (χ4v) is 3.44. The van der Waals surface area contributed by atoms with E-state index in [1.165, 1.54) is 6.92 Å². The molecule has 0 aliphatic carbocycles. The van der Waals surface area contributed by atoms with E-state index in [1.807, 2.05) is 26.1 Å². The maximum absolute atomic E-state index is 12.8. The van der Waals surface area contributed by atoms with Crippen molar-refractivity contribution in [2.24, 2.45) is 0 Å². The maximum Gasteiger partial charge on any atom is 0.229 e. The number of ether oxygens (including phenoxy) is 1. The van der Waals surface area contributed by atoms with E-state index in [0.717, 1.165) is 42.9 Å². The molecular formula is C20H25N2O3+. The maximum atomic E-state index is 12.8. The summed E-state index contributed by atoms with van der Waals surface area (Å²) >= 11 is 0. The lowest BCUT2D eigenvalue weighted by Crippen LogP contribution is -2.38. The van der Waals surface area contributed by atoms with Gasteiger partial charge in [-0.3, -0.25) is 9.59 Å². The van der Waals surface area contributed by atoms with Crippen LogP contribution in [-0.4, -0.2) is 28.8 Å². The molecule has 1 fully saturated rings. The number of aryl methyl sites for hydroxylation is 1. The zero-order valence-electron chi connectivity index (χ0n) is 15.1. The number of hydrogen-bond acceptors (Lipinski definition) is 3. The molecule has 3 rings (SSSR count). The number of ketones is 2. The largest absolute Gasteiger partial charge is 0.376 e. The van der Waals surface area contributed by atoms with E-state index < -0.39 is 0 Å². The van der Waals surface area contributed by atoms with E-state index in [4.69, 9.17) is 4.74 Å². The third kappa shape index (κ3) is 3.87. The molecule has 0 unspecified atom stereocenters. The Balaban J connectivity index is 1.78. The molecule has 1 atom stereocenters. The highest BCUT2D eigenvalue weighted by molar-refractivity contribution is 5.96. The molecular weight excluding hydrogens is 316 g/mol. The van der Waals surface area contributed by atoms with Crippen molar-refractivity contribution in [2.45, 2.75) is 52.8 Å². The monoisotopic (exact) mass is 341 g/mol. The Hall–Kier alpha value is -2.27. The van der Waals surface area contributed by atoms with Gasteiger partial charge in [0.05, 0.1) is 11.7 Å². The molecule has 2 aromatic rings. The van der Waals surface area contributed by atoms with Gasteiger partial charge >= 0.3 is 0 Å². The van der Waals surface area contributed by atoms with Crippen LogP contribution in [-0.2, 0) is 17.8 Å². The van der Waals surface area contributed by atoms with Crippen LogP contribution < -0.4 is 4.57 Å². The smallest absolute Gasteiger partial charge is 0.229 e. The Labute approximate surface area is 148 Å². The van der Waals surface area contributed by atoms with Crippen LogP contribution in [0.25, 0.3) is 0 Å². The minimum absolute atomic E-state index is 0.00320. The second kappa shape index (κ2) is 7.31. The molecule has 0 N–H and O–H groups in total. The van der Waals surface area contributed by atoms with Crippen LogP contribution in [0.3, 0.4) is 0 Å². The van der Waals surface area contributed by atoms with Crippen LogP contribution in [0.15, 0.2) is 30.6 Å². The molecule has 0 spiro atoms. The predicted octanol–water partition coefficient (Wildman–Crippen LogP) is 2.66. The molecule has 5 nitrogen and oxygen atoms in total. The third-order valence-electron chi connectivity index (χ3n) is 4.88. The van der Waals surface area contributed by atoms with Crippen molar-refractivity contribution in [3.05, 3.63) is 53.1 Å². The van der Waals surface area contributed by atoms with E-state index >= 15 is 0 Å². The van der Waals surface area contributed by atoms with Crippen LogP contribution in [0.1, 0.15) is 51.9 Å².